The van der Waals surface area contributed by atoms with Gasteiger partial charge in [0, 0.05) is 24.0 Å². The number of aromatic amines is 1. The standard InChI is InChI=1S/C18H16F4N4O2S/c19-12-5-9(1-2-11(12)18(20,21)22)13-3-4-14(25-13)16(28)26-15(6-23)17-24-7-10(8-27)29-17/h1-5,7,15,25,27H,6,8,23H2,(H,26,28)/t15-/m1/s1. The van der Waals surface area contributed by atoms with Gasteiger partial charge in [0.05, 0.1) is 23.1 Å². The van der Waals surface area contributed by atoms with Gasteiger partial charge in [0.2, 0.25) is 0 Å². The van der Waals surface area contributed by atoms with Gasteiger partial charge in [-0.25, -0.2) is 9.37 Å². The Balaban J connectivity index is 1.77. The molecule has 1 amide bonds. The fourth-order valence-corrected chi connectivity index (χ4v) is 3.46. The number of hydrogen-bond acceptors (Lipinski definition) is 5. The van der Waals surface area contributed by atoms with Crippen molar-refractivity contribution in [1.29, 1.82) is 0 Å². The van der Waals surface area contributed by atoms with Gasteiger partial charge in [-0.05, 0) is 24.3 Å². The number of hydrogen-bond donors (Lipinski definition) is 4. The van der Waals surface area contributed by atoms with Crippen molar-refractivity contribution in [1.82, 2.24) is 15.3 Å². The number of amides is 1. The Hall–Kier alpha value is -2.76. The zero-order chi connectivity index (χ0) is 21.2. The quantitative estimate of drug-likeness (QED) is 0.453. The van der Waals surface area contributed by atoms with Crippen LogP contribution < -0.4 is 11.1 Å². The fourth-order valence-electron chi connectivity index (χ4n) is 2.62. The first-order valence-electron chi connectivity index (χ1n) is 8.35. The van der Waals surface area contributed by atoms with Crippen LogP contribution >= 0.6 is 11.3 Å². The zero-order valence-corrected chi connectivity index (χ0v) is 15.6. The molecule has 0 unspecified atom stereocenters. The number of aromatic nitrogens is 2. The highest BCUT2D eigenvalue weighted by molar-refractivity contribution is 7.11. The minimum absolute atomic E-state index is 0.0712. The average molecular weight is 428 g/mol. The first-order valence-corrected chi connectivity index (χ1v) is 9.17. The first kappa shape index (κ1) is 21.0. The summed E-state index contributed by atoms with van der Waals surface area (Å²) in [5.74, 6) is -1.91. The molecule has 29 heavy (non-hydrogen) atoms. The van der Waals surface area contributed by atoms with E-state index in [9.17, 15) is 22.4 Å². The molecule has 3 aromatic rings. The normalized spacial score (nSPS) is 12.8. The molecule has 0 saturated carbocycles. The van der Waals surface area contributed by atoms with Gasteiger partial charge in [-0.1, -0.05) is 6.07 Å². The van der Waals surface area contributed by atoms with Crippen molar-refractivity contribution in [3.63, 3.8) is 0 Å². The number of carbonyl (C=O) groups is 1. The number of nitrogens with two attached hydrogens (primary N) is 1. The molecule has 0 aliphatic carbocycles. The smallest absolute Gasteiger partial charge is 0.391 e. The Kier molecular flexibility index (Phi) is 6.01. The van der Waals surface area contributed by atoms with Gasteiger partial charge >= 0.3 is 6.18 Å². The van der Waals surface area contributed by atoms with Crippen LogP contribution in [-0.4, -0.2) is 27.5 Å². The van der Waals surface area contributed by atoms with Gasteiger partial charge in [0.1, 0.15) is 16.5 Å². The lowest BCUT2D eigenvalue weighted by atomic mass is 10.1. The molecule has 2 heterocycles. The summed E-state index contributed by atoms with van der Waals surface area (Å²) in [6.07, 6.45) is -3.30. The maximum absolute atomic E-state index is 13.8. The first-order chi connectivity index (χ1) is 13.7. The third-order valence-electron chi connectivity index (χ3n) is 4.08. The van der Waals surface area contributed by atoms with Gasteiger partial charge in [0.15, 0.2) is 0 Å². The maximum atomic E-state index is 13.8. The molecule has 154 valence electrons. The van der Waals surface area contributed by atoms with Gasteiger partial charge in [-0.15, -0.1) is 11.3 Å². The molecule has 0 radical (unpaired) electrons. The average Bonchev–Trinajstić information content (AvgIpc) is 3.34. The van der Waals surface area contributed by atoms with Crippen LogP contribution in [0.25, 0.3) is 11.3 Å². The lowest BCUT2D eigenvalue weighted by molar-refractivity contribution is -0.139. The Morgan fingerprint density at radius 1 is 1.31 bits per heavy atom. The van der Waals surface area contributed by atoms with Crippen molar-refractivity contribution in [3.8, 4) is 11.3 Å². The molecule has 0 fully saturated rings. The Labute approximate surface area is 166 Å². The molecule has 0 aliphatic rings. The minimum Gasteiger partial charge on any atom is -0.391 e. The van der Waals surface area contributed by atoms with Crippen LogP contribution in [0.3, 0.4) is 0 Å². The molecule has 0 aliphatic heterocycles. The number of H-pyrrole nitrogens is 1. The van der Waals surface area contributed by atoms with E-state index < -0.39 is 29.5 Å². The SMILES string of the molecule is NC[C@@H](NC(=O)c1ccc(-c2ccc(C(F)(F)F)c(F)c2)[nH]1)c1ncc(CO)s1. The van der Waals surface area contributed by atoms with Gasteiger partial charge < -0.3 is 21.1 Å². The van der Waals surface area contributed by atoms with Crippen LogP contribution in [0.2, 0.25) is 0 Å². The van der Waals surface area contributed by atoms with E-state index in [1.807, 2.05) is 0 Å². The van der Waals surface area contributed by atoms with E-state index in [2.05, 4.69) is 15.3 Å². The third-order valence-corrected chi connectivity index (χ3v) is 5.18. The summed E-state index contributed by atoms with van der Waals surface area (Å²) in [6.45, 7) is -0.103. The molecule has 6 nitrogen and oxygen atoms in total. The van der Waals surface area contributed by atoms with Crippen LogP contribution in [0.4, 0.5) is 17.6 Å². The van der Waals surface area contributed by atoms with Crippen LogP contribution in [0.5, 0.6) is 0 Å². The van der Waals surface area contributed by atoms with E-state index in [1.165, 1.54) is 29.7 Å². The zero-order valence-electron chi connectivity index (χ0n) is 14.8. The Morgan fingerprint density at radius 3 is 2.66 bits per heavy atom. The van der Waals surface area contributed by atoms with Crippen molar-refractivity contribution in [3.05, 3.63) is 63.5 Å². The molecule has 1 aromatic carbocycles. The molecule has 2 aromatic heterocycles. The summed E-state index contributed by atoms with van der Waals surface area (Å²) < 4.78 is 51.8. The number of rotatable bonds is 6. The molecular formula is C18H16F4N4O2S. The van der Waals surface area contributed by atoms with E-state index in [-0.39, 0.29) is 30.1 Å². The molecule has 0 bridgehead atoms. The van der Waals surface area contributed by atoms with Crippen molar-refractivity contribution in [2.75, 3.05) is 6.54 Å². The summed E-state index contributed by atoms with van der Waals surface area (Å²) in [5.41, 5.74) is 4.90. The van der Waals surface area contributed by atoms with Crippen molar-refractivity contribution in [2.45, 2.75) is 18.8 Å². The van der Waals surface area contributed by atoms with E-state index in [4.69, 9.17) is 10.8 Å². The largest absolute Gasteiger partial charge is 0.419 e. The number of aliphatic hydroxyl groups excluding tert-OH is 1. The highest BCUT2D eigenvalue weighted by atomic mass is 32.1. The van der Waals surface area contributed by atoms with E-state index in [0.717, 1.165) is 12.1 Å². The van der Waals surface area contributed by atoms with Crippen molar-refractivity contribution < 1.29 is 27.5 Å². The lowest BCUT2D eigenvalue weighted by Crippen LogP contribution is -2.33. The van der Waals surface area contributed by atoms with Crippen molar-refractivity contribution in [2.24, 2.45) is 5.73 Å². The van der Waals surface area contributed by atoms with Gasteiger partial charge in [-0.3, -0.25) is 4.79 Å². The summed E-state index contributed by atoms with van der Waals surface area (Å²) in [6, 6.07) is 4.83. The van der Waals surface area contributed by atoms with Crippen molar-refractivity contribution >= 4 is 17.2 Å². The topological polar surface area (TPSA) is 104 Å². The van der Waals surface area contributed by atoms with Crippen LogP contribution in [-0.2, 0) is 12.8 Å². The number of aliphatic hydroxyl groups is 1. The van der Waals surface area contributed by atoms with Crippen LogP contribution in [0.15, 0.2) is 36.5 Å². The summed E-state index contributed by atoms with van der Waals surface area (Å²) >= 11 is 1.21. The highest BCUT2D eigenvalue weighted by Gasteiger charge is 2.34. The summed E-state index contributed by atoms with van der Waals surface area (Å²) in [5, 5.41) is 12.3. The molecule has 5 N–H and O–H groups in total. The second-order valence-corrected chi connectivity index (χ2v) is 7.21. The van der Waals surface area contributed by atoms with E-state index in [1.54, 1.807) is 0 Å². The number of thiazole rings is 1. The number of halogens is 4. The van der Waals surface area contributed by atoms with Gasteiger partial charge in [0.25, 0.3) is 5.91 Å². The van der Waals surface area contributed by atoms with Crippen LogP contribution in [0, 0.1) is 5.82 Å². The monoisotopic (exact) mass is 428 g/mol. The highest BCUT2D eigenvalue weighted by Crippen LogP contribution is 2.33. The number of benzene rings is 1. The molecule has 0 spiro atoms. The predicted octanol–water partition coefficient (Wildman–Crippen LogP) is 3.22. The maximum Gasteiger partial charge on any atom is 0.419 e. The number of alkyl halides is 3. The second-order valence-electron chi connectivity index (χ2n) is 6.06. The fraction of sp³-hybridized carbons (Fsp3) is 0.222. The molecule has 3 rings (SSSR count). The Morgan fingerprint density at radius 2 is 2.07 bits per heavy atom. The lowest BCUT2D eigenvalue weighted by Gasteiger charge is -2.13. The predicted molar refractivity (Wildman–Crippen MR) is 98.5 cm³/mol. The summed E-state index contributed by atoms with van der Waals surface area (Å²) in [7, 11) is 0. The molecule has 0 saturated heterocycles. The third kappa shape index (κ3) is 4.63. The number of nitrogens with one attached hydrogen (secondary N) is 2. The Bertz CT molecular complexity index is 1020. The van der Waals surface area contributed by atoms with E-state index in [0.29, 0.717) is 16.0 Å². The molecule has 1 atom stereocenters. The summed E-state index contributed by atoms with van der Waals surface area (Å²) in [4.78, 5) is 20.0. The number of carbonyl (C=O) groups excluding carboxylic acids is 1. The minimum atomic E-state index is -4.79. The van der Waals surface area contributed by atoms with E-state index >= 15 is 0 Å². The van der Waals surface area contributed by atoms with Gasteiger partial charge in [-0.2, -0.15) is 13.2 Å². The second kappa shape index (κ2) is 8.31. The number of nitrogens with zero attached hydrogens (tertiary/aromatic N) is 1. The van der Waals surface area contributed by atoms with Crippen LogP contribution in [0.1, 0.15) is 32.0 Å². The molecule has 11 heteroatoms. The molecular weight excluding hydrogens is 412 g/mol.